The fourth-order valence-electron chi connectivity index (χ4n) is 5.80. The molecule has 5 aliphatic rings. The summed E-state index contributed by atoms with van der Waals surface area (Å²) in [5.41, 5.74) is 0.618. The minimum absolute atomic E-state index is 0.139. The Bertz CT molecular complexity index is 634. The van der Waals surface area contributed by atoms with Gasteiger partial charge >= 0.3 is 13.1 Å². The Hall–Kier alpha value is -0.805. The van der Waals surface area contributed by atoms with Gasteiger partial charge in [-0.1, -0.05) is 19.9 Å². The summed E-state index contributed by atoms with van der Waals surface area (Å²) in [4.78, 5) is 12.8. The van der Waals surface area contributed by atoms with Crippen LogP contribution in [0.25, 0.3) is 0 Å². The van der Waals surface area contributed by atoms with Gasteiger partial charge in [-0.25, -0.2) is 0 Å². The lowest BCUT2D eigenvalue weighted by atomic mass is 9.43. The zero-order valence-electron chi connectivity index (χ0n) is 17.1. The van der Waals surface area contributed by atoms with Crippen molar-refractivity contribution in [2.75, 3.05) is 0 Å². The third-order valence-electron chi connectivity index (χ3n) is 7.39. The maximum absolute atomic E-state index is 12.8. The zero-order valence-corrected chi connectivity index (χ0v) is 17.1. The molecule has 1 aliphatic heterocycles. The highest BCUT2D eigenvalue weighted by molar-refractivity contribution is 6.55. The van der Waals surface area contributed by atoms with E-state index < -0.39 is 12.7 Å². The van der Waals surface area contributed by atoms with Crippen LogP contribution in [0.3, 0.4) is 0 Å². The summed E-state index contributed by atoms with van der Waals surface area (Å²) in [6, 6.07) is 0. The van der Waals surface area contributed by atoms with Crippen LogP contribution in [0, 0.1) is 23.2 Å². The molecule has 4 nitrogen and oxygen atoms in total. The summed E-state index contributed by atoms with van der Waals surface area (Å²) in [5.74, 6) is 0.892. The molecule has 1 unspecified atom stereocenters. The van der Waals surface area contributed by atoms with Gasteiger partial charge in [0.2, 0.25) is 0 Å². The Morgan fingerprint density at radius 3 is 2.65 bits per heavy atom. The largest absolute Gasteiger partial charge is 0.490 e. The molecule has 0 radical (unpaired) electrons. The summed E-state index contributed by atoms with van der Waals surface area (Å²) in [6.07, 6.45) is 7.44. The van der Waals surface area contributed by atoms with Crippen LogP contribution >= 0.6 is 0 Å². The molecule has 5 heteroatoms. The molecule has 1 saturated heterocycles. The van der Waals surface area contributed by atoms with Gasteiger partial charge in [0.25, 0.3) is 0 Å². The van der Waals surface area contributed by atoms with Crippen molar-refractivity contribution in [2.24, 2.45) is 23.2 Å². The molecule has 0 N–H and O–H groups in total. The van der Waals surface area contributed by atoms with Crippen molar-refractivity contribution in [3.05, 3.63) is 11.5 Å². The average molecular weight is 360 g/mol. The number of hydrogen-bond acceptors (Lipinski definition) is 4. The highest BCUT2D eigenvalue weighted by Gasteiger charge is 2.68. The van der Waals surface area contributed by atoms with E-state index >= 15 is 0 Å². The number of carbonyl (C=O) groups is 1. The van der Waals surface area contributed by atoms with Gasteiger partial charge in [0.1, 0.15) is 5.60 Å². The second-order valence-corrected chi connectivity index (χ2v) is 10.5. The number of rotatable bonds is 2. The van der Waals surface area contributed by atoms with Crippen LogP contribution in [0.2, 0.25) is 0 Å². The molecular formula is C21H33BO4. The Labute approximate surface area is 158 Å². The quantitative estimate of drug-likeness (QED) is 0.543. The second kappa shape index (κ2) is 5.84. The molecule has 1 heterocycles. The number of hydrogen-bond donors (Lipinski definition) is 0. The molecule has 0 aromatic rings. The standard InChI is InChI=1S/C21H33BO4/c1-19(2,3)24-18(23)14-9-7-8-10-15(14)22-25-17-12-13-11-16(20(13,4)5)21(17,6)26-22/h10,13-14,16-17H,7-9,11-12H2,1-6H3/t13-,14?,16-,17+,21-/m0/s1. The van der Waals surface area contributed by atoms with Crippen molar-refractivity contribution >= 4 is 13.1 Å². The molecular weight excluding hydrogens is 327 g/mol. The normalized spacial score (nSPS) is 41.2. The number of carbonyl (C=O) groups excluding carboxylic acids is 1. The monoisotopic (exact) mass is 360 g/mol. The fourth-order valence-corrected chi connectivity index (χ4v) is 5.80. The van der Waals surface area contributed by atoms with E-state index in [1.807, 2.05) is 20.8 Å². The predicted molar refractivity (Wildman–Crippen MR) is 101 cm³/mol. The third kappa shape index (κ3) is 2.77. The van der Waals surface area contributed by atoms with E-state index in [0.717, 1.165) is 37.1 Å². The molecule has 0 amide bonds. The maximum atomic E-state index is 12.8. The topological polar surface area (TPSA) is 44.8 Å². The van der Waals surface area contributed by atoms with Crippen molar-refractivity contribution in [1.82, 2.24) is 0 Å². The molecule has 2 bridgehead atoms. The van der Waals surface area contributed by atoms with Crippen molar-refractivity contribution in [3.8, 4) is 0 Å². The van der Waals surface area contributed by atoms with Crippen LogP contribution in [-0.4, -0.2) is 30.4 Å². The Kier molecular flexibility index (Phi) is 4.17. The van der Waals surface area contributed by atoms with E-state index in [1.54, 1.807) is 0 Å². The first kappa shape index (κ1) is 18.6. The van der Waals surface area contributed by atoms with Gasteiger partial charge in [0.15, 0.2) is 0 Å². The summed E-state index contributed by atoms with van der Waals surface area (Å²) < 4.78 is 18.7. The van der Waals surface area contributed by atoms with Crippen LogP contribution in [0.1, 0.15) is 73.6 Å². The minimum atomic E-state index is -0.470. The number of allylic oxidation sites excluding steroid dienone is 1. The first-order valence-electron chi connectivity index (χ1n) is 10.3. The minimum Gasteiger partial charge on any atom is -0.460 e. The molecule has 5 atom stereocenters. The summed E-state index contributed by atoms with van der Waals surface area (Å²) in [7, 11) is -0.391. The molecule has 0 aromatic carbocycles. The molecule has 4 aliphatic carbocycles. The number of esters is 1. The van der Waals surface area contributed by atoms with Gasteiger partial charge in [0.05, 0.1) is 17.6 Å². The van der Waals surface area contributed by atoms with Crippen LogP contribution in [0.4, 0.5) is 0 Å². The molecule has 144 valence electrons. The van der Waals surface area contributed by atoms with E-state index in [0.29, 0.717) is 11.3 Å². The second-order valence-electron chi connectivity index (χ2n) is 10.5. The Balaban J connectivity index is 1.54. The number of ether oxygens (including phenoxy) is 1. The first-order chi connectivity index (χ1) is 12.0. The predicted octanol–water partition coefficient (Wildman–Crippen LogP) is 4.32. The Morgan fingerprint density at radius 2 is 2.00 bits per heavy atom. The van der Waals surface area contributed by atoms with Crippen LogP contribution in [0.15, 0.2) is 11.5 Å². The lowest BCUT2D eigenvalue weighted by molar-refractivity contribution is -0.199. The highest BCUT2D eigenvalue weighted by Crippen LogP contribution is 2.66. The third-order valence-corrected chi connectivity index (χ3v) is 7.39. The molecule has 4 fully saturated rings. The highest BCUT2D eigenvalue weighted by atomic mass is 16.7. The van der Waals surface area contributed by atoms with Crippen molar-refractivity contribution in [2.45, 2.75) is 91.0 Å². The van der Waals surface area contributed by atoms with Gasteiger partial charge < -0.3 is 14.0 Å². The van der Waals surface area contributed by atoms with E-state index in [4.69, 9.17) is 14.0 Å². The van der Waals surface area contributed by atoms with Crippen molar-refractivity contribution < 1.29 is 18.8 Å². The van der Waals surface area contributed by atoms with E-state index in [9.17, 15) is 4.79 Å². The van der Waals surface area contributed by atoms with Gasteiger partial charge in [-0.2, -0.15) is 0 Å². The molecule has 0 aromatic heterocycles. The van der Waals surface area contributed by atoms with E-state index in [2.05, 4.69) is 26.8 Å². The molecule has 5 rings (SSSR count). The smallest absolute Gasteiger partial charge is 0.460 e. The molecule has 3 saturated carbocycles. The lowest BCUT2D eigenvalue weighted by Crippen LogP contribution is -2.65. The summed E-state index contributed by atoms with van der Waals surface area (Å²) >= 11 is 0. The van der Waals surface area contributed by atoms with Crippen molar-refractivity contribution in [1.29, 1.82) is 0 Å². The first-order valence-corrected chi connectivity index (χ1v) is 10.3. The van der Waals surface area contributed by atoms with Crippen LogP contribution < -0.4 is 0 Å². The molecule has 0 spiro atoms. The maximum Gasteiger partial charge on any atom is 0.490 e. The summed E-state index contributed by atoms with van der Waals surface area (Å²) in [5, 5.41) is 0. The van der Waals surface area contributed by atoms with Gasteiger partial charge in [-0.05, 0) is 82.5 Å². The van der Waals surface area contributed by atoms with Gasteiger partial charge in [0, 0.05) is 0 Å². The SMILES string of the molecule is CC(C)(C)OC(=O)C1CCCC=C1B1O[C@@H]2C[C@@H]3C[C@@H](C3(C)C)[C@]2(C)O1. The Morgan fingerprint density at radius 1 is 1.27 bits per heavy atom. The van der Waals surface area contributed by atoms with E-state index in [-0.39, 0.29) is 23.6 Å². The van der Waals surface area contributed by atoms with Gasteiger partial charge in [-0.3, -0.25) is 4.79 Å². The van der Waals surface area contributed by atoms with Gasteiger partial charge in [-0.15, -0.1) is 0 Å². The van der Waals surface area contributed by atoms with Crippen LogP contribution in [0.5, 0.6) is 0 Å². The van der Waals surface area contributed by atoms with Crippen molar-refractivity contribution in [3.63, 3.8) is 0 Å². The van der Waals surface area contributed by atoms with E-state index in [1.165, 1.54) is 6.42 Å². The van der Waals surface area contributed by atoms with Crippen LogP contribution in [-0.2, 0) is 18.8 Å². The zero-order chi connectivity index (χ0) is 18.9. The average Bonchev–Trinajstić information content (AvgIpc) is 2.90. The molecule has 26 heavy (non-hydrogen) atoms. The lowest BCUT2D eigenvalue weighted by Gasteiger charge is -2.64. The fraction of sp³-hybridized carbons (Fsp3) is 0.857. The summed E-state index contributed by atoms with van der Waals surface area (Å²) in [6.45, 7) is 12.7.